The molecule has 1 aromatic rings. The van der Waals surface area contributed by atoms with Crippen molar-refractivity contribution in [2.45, 2.75) is 25.4 Å². The third-order valence-corrected chi connectivity index (χ3v) is 1.88. The fourth-order valence-corrected chi connectivity index (χ4v) is 1.03. The maximum Gasteiger partial charge on any atom is 0.149 e. The predicted octanol–water partition coefficient (Wildman–Crippen LogP) is 0.510. The van der Waals surface area contributed by atoms with Crippen LogP contribution in [0, 0.1) is 0 Å². The quantitative estimate of drug-likeness (QED) is 0.683. The fraction of sp³-hybridized carbons (Fsp3) is 0.500. The number of nitrogens with one attached hydrogen (secondary N) is 1. The Kier molecular flexibility index (Phi) is 1.91. The van der Waals surface area contributed by atoms with Gasteiger partial charge in [-0.05, 0) is 24.5 Å². The Morgan fingerprint density at radius 2 is 2.42 bits per heavy atom. The summed E-state index contributed by atoms with van der Waals surface area (Å²) in [5, 5.41) is 11.1. The Hall–Kier alpha value is -1.16. The summed E-state index contributed by atoms with van der Waals surface area (Å²) in [4.78, 5) is 0. The summed E-state index contributed by atoms with van der Waals surface area (Å²) in [6, 6.07) is 2.57. The largest absolute Gasteiger partial charge is 0.366 e. The molecule has 1 aromatic heterocycles. The molecule has 12 heavy (non-hydrogen) atoms. The lowest BCUT2D eigenvalue weighted by atomic mass is 10.3. The summed E-state index contributed by atoms with van der Waals surface area (Å²) in [5.74, 6) is 0.848. The lowest BCUT2D eigenvalue weighted by Gasteiger charge is -2.02. The zero-order valence-electron chi connectivity index (χ0n) is 6.83. The molecule has 4 nitrogen and oxygen atoms in total. The first-order chi connectivity index (χ1) is 5.88. The summed E-state index contributed by atoms with van der Waals surface area (Å²) < 4.78 is 0. The molecule has 0 aliphatic heterocycles. The van der Waals surface area contributed by atoms with Gasteiger partial charge in [-0.2, -0.15) is 5.10 Å². The Bertz CT molecular complexity index is 270. The molecule has 64 valence electrons. The van der Waals surface area contributed by atoms with E-state index in [2.05, 4.69) is 15.5 Å². The third kappa shape index (κ3) is 1.71. The molecule has 0 spiro atoms. The van der Waals surface area contributed by atoms with Gasteiger partial charge in [-0.25, -0.2) is 0 Å². The van der Waals surface area contributed by atoms with Crippen LogP contribution in [0.1, 0.15) is 18.4 Å². The number of nitrogens with zero attached hydrogens (tertiary/aromatic N) is 2. The second-order valence-corrected chi connectivity index (χ2v) is 3.07. The summed E-state index contributed by atoms with van der Waals surface area (Å²) in [5.41, 5.74) is 6.49. The van der Waals surface area contributed by atoms with Gasteiger partial charge in [0.25, 0.3) is 0 Å². The highest BCUT2D eigenvalue weighted by molar-refractivity contribution is 5.37. The maximum absolute atomic E-state index is 5.47. The Morgan fingerprint density at radius 3 is 3.08 bits per heavy atom. The molecule has 1 fully saturated rings. The maximum atomic E-state index is 5.47. The van der Waals surface area contributed by atoms with Crippen molar-refractivity contribution in [2.24, 2.45) is 5.73 Å². The molecule has 0 atom stereocenters. The number of nitrogens with two attached hydrogens (primary N) is 1. The molecule has 1 aliphatic rings. The summed E-state index contributed by atoms with van der Waals surface area (Å²) in [6.07, 6.45) is 4.18. The minimum Gasteiger partial charge on any atom is -0.366 e. The molecule has 2 rings (SSSR count). The van der Waals surface area contributed by atoms with Crippen LogP contribution in [0.15, 0.2) is 12.3 Å². The molecule has 0 saturated heterocycles. The van der Waals surface area contributed by atoms with Crippen LogP contribution in [0.4, 0.5) is 5.82 Å². The van der Waals surface area contributed by atoms with Gasteiger partial charge in [0, 0.05) is 12.6 Å². The van der Waals surface area contributed by atoms with Crippen LogP contribution in [0.25, 0.3) is 0 Å². The van der Waals surface area contributed by atoms with Gasteiger partial charge in [-0.3, -0.25) is 0 Å². The number of rotatable bonds is 3. The zero-order valence-corrected chi connectivity index (χ0v) is 6.83. The van der Waals surface area contributed by atoms with Gasteiger partial charge in [0.2, 0.25) is 0 Å². The van der Waals surface area contributed by atoms with Crippen LogP contribution in [0.3, 0.4) is 0 Å². The monoisotopic (exact) mass is 164 g/mol. The molecule has 0 unspecified atom stereocenters. The molecule has 0 radical (unpaired) electrons. The van der Waals surface area contributed by atoms with Crippen molar-refractivity contribution in [1.82, 2.24) is 10.2 Å². The van der Waals surface area contributed by atoms with E-state index in [1.54, 1.807) is 6.20 Å². The first-order valence-corrected chi connectivity index (χ1v) is 4.16. The van der Waals surface area contributed by atoms with Gasteiger partial charge in [-0.1, -0.05) is 0 Å². The molecular formula is C8H12N4. The smallest absolute Gasteiger partial charge is 0.149 e. The van der Waals surface area contributed by atoms with Crippen molar-refractivity contribution >= 4 is 5.82 Å². The SMILES string of the molecule is NCc1cnnc(NC2CC2)c1. The van der Waals surface area contributed by atoms with E-state index < -0.39 is 0 Å². The van der Waals surface area contributed by atoms with E-state index >= 15 is 0 Å². The standard InChI is InChI=1S/C8H12N4/c9-4-6-3-8(12-10-5-6)11-7-1-2-7/h3,5,7H,1-2,4,9H2,(H,11,12). The van der Waals surface area contributed by atoms with Crippen LogP contribution < -0.4 is 11.1 Å². The number of anilines is 1. The second kappa shape index (κ2) is 3.06. The van der Waals surface area contributed by atoms with Gasteiger partial charge in [0.15, 0.2) is 0 Å². The molecule has 0 amide bonds. The molecule has 1 saturated carbocycles. The molecule has 4 heteroatoms. The van der Waals surface area contributed by atoms with Crippen molar-refractivity contribution in [1.29, 1.82) is 0 Å². The average Bonchev–Trinajstić information content (AvgIpc) is 2.89. The van der Waals surface area contributed by atoms with E-state index in [0.717, 1.165) is 11.4 Å². The molecule has 1 aliphatic carbocycles. The van der Waals surface area contributed by atoms with Crippen molar-refractivity contribution in [3.63, 3.8) is 0 Å². The van der Waals surface area contributed by atoms with Crippen LogP contribution in [-0.4, -0.2) is 16.2 Å². The fourth-order valence-electron chi connectivity index (χ4n) is 1.03. The van der Waals surface area contributed by atoms with E-state index in [-0.39, 0.29) is 0 Å². The lowest BCUT2D eigenvalue weighted by Crippen LogP contribution is -2.06. The molecule has 3 N–H and O–H groups in total. The first-order valence-electron chi connectivity index (χ1n) is 4.16. The number of hydrogen-bond acceptors (Lipinski definition) is 4. The van der Waals surface area contributed by atoms with E-state index in [4.69, 9.17) is 5.73 Å². The Labute approximate surface area is 71.2 Å². The van der Waals surface area contributed by atoms with Gasteiger partial charge in [-0.15, -0.1) is 5.10 Å². The zero-order chi connectivity index (χ0) is 8.39. The van der Waals surface area contributed by atoms with Crippen molar-refractivity contribution in [2.75, 3.05) is 5.32 Å². The van der Waals surface area contributed by atoms with Crippen molar-refractivity contribution < 1.29 is 0 Å². The van der Waals surface area contributed by atoms with Gasteiger partial charge < -0.3 is 11.1 Å². The number of hydrogen-bond donors (Lipinski definition) is 2. The Balaban J connectivity index is 2.08. The topological polar surface area (TPSA) is 63.8 Å². The highest BCUT2D eigenvalue weighted by atomic mass is 15.2. The lowest BCUT2D eigenvalue weighted by molar-refractivity contribution is 0.952. The van der Waals surface area contributed by atoms with E-state index in [9.17, 15) is 0 Å². The van der Waals surface area contributed by atoms with E-state index in [0.29, 0.717) is 12.6 Å². The molecule has 0 aromatic carbocycles. The second-order valence-electron chi connectivity index (χ2n) is 3.07. The average molecular weight is 164 g/mol. The third-order valence-electron chi connectivity index (χ3n) is 1.88. The highest BCUT2D eigenvalue weighted by Crippen LogP contribution is 2.23. The minimum absolute atomic E-state index is 0.523. The van der Waals surface area contributed by atoms with Gasteiger partial charge >= 0.3 is 0 Å². The Morgan fingerprint density at radius 1 is 1.58 bits per heavy atom. The molecule has 1 heterocycles. The normalized spacial score (nSPS) is 16.1. The molecule has 0 bridgehead atoms. The van der Waals surface area contributed by atoms with Crippen LogP contribution in [-0.2, 0) is 6.54 Å². The highest BCUT2D eigenvalue weighted by Gasteiger charge is 2.21. The molecular weight excluding hydrogens is 152 g/mol. The first kappa shape index (κ1) is 7.49. The van der Waals surface area contributed by atoms with E-state index in [1.807, 2.05) is 6.07 Å². The van der Waals surface area contributed by atoms with Crippen LogP contribution in [0.2, 0.25) is 0 Å². The summed E-state index contributed by atoms with van der Waals surface area (Å²) in [7, 11) is 0. The van der Waals surface area contributed by atoms with E-state index in [1.165, 1.54) is 12.8 Å². The number of aromatic nitrogens is 2. The summed E-state index contributed by atoms with van der Waals surface area (Å²) >= 11 is 0. The van der Waals surface area contributed by atoms with Gasteiger partial charge in [0.1, 0.15) is 5.82 Å². The van der Waals surface area contributed by atoms with Crippen molar-refractivity contribution in [3.8, 4) is 0 Å². The van der Waals surface area contributed by atoms with Crippen molar-refractivity contribution in [3.05, 3.63) is 17.8 Å². The van der Waals surface area contributed by atoms with Gasteiger partial charge in [0.05, 0.1) is 6.20 Å². The minimum atomic E-state index is 0.523. The summed E-state index contributed by atoms with van der Waals surface area (Å²) in [6.45, 7) is 0.523. The predicted molar refractivity (Wildman–Crippen MR) is 46.6 cm³/mol. The van der Waals surface area contributed by atoms with Crippen LogP contribution in [0.5, 0.6) is 0 Å². The van der Waals surface area contributed by atoms with Crippen LogP contribution >= 0.6 is 0 Å².